The van der Waals surface area contributed by atoms with E-state index in [2.05, 4.69) is 15.9 Å². The third-order valence-electron chi connectivity index (χ3n) is 2.36. The summed E-state index contributed by atoms with van der Waals surface area (Å²) in [5.74, 6) is 1.53. The van der Waals surface area contributed by atoms with Crippen molar-refractivity contribution in [3.63, 3.8) is 0 Å². The highest BCUT2D eigenvalue weighted by Crippen LogP contribution is 2.29. The van der Waals surface area contributed by atoms with E-state index < -0.39 is 6.10 Å². The van der Waals surface area contributed by atoms with Crippen LogP contribution in [-0.2, 0) is 6.42 Å². The van der Waals surface area contributed by atoms with Gasteiger partial charge in [0.05, 0.1) is 11.1 Å². The van der Waals surface area contributed by atoms with Gasteiger partial charge in [0, 0.05) is 16.5 Å². The van der Waals surface area contributed by atoms with E-state index in [0.29, 0.717) is 11.4 Å². The van der Waals surface area contributed by atoms with Gasteiger partial charge in [0.1, 0.15) is 11.5 Å². The number of hydrogen-bond donors (Lipinski definition) is 1. The molecule has 2 rings (SSSR count). The average molecular weight is 316 g/mol. The van der Waals surface area contributed by atoms with E-state index in [0.717, 1.165) is 21.6 Å². The first-order chi connectivity index (χ1) is 8.06. The molecular formula is C13H12BrClO2. The molecule has 0 aliphatic heterocycles. The Morgan fingerprint density at radius 3 is 2.76 bits per heavy atom. The van der Waals surface area contributed by atoms with Crippen molar-refractivity contribution >= 4 is 27.5 Å². The van der Waals surface area contributed by atoms with Crippen LogP contribution in [0, 0.1) is 0 Å². The van der Waals surface area contributed by atoms with Crippen LogP contribution in [0.3, 0.4) is 0 Å². The van der Waals surface area contributed by atoms with Gasteiger partial charge in [-0.25, -0.2) is 0 Å². The summed E-state index contributed by atoms with van der Waals surface area (Å²) in [5.41, 5.74) is 0.926. The summed E-state index contributed by atoms with van der Waals surface area (Å²) in [6, 6.07) is 9.42. The minimum absolute atomic E-state index is 0.400. The topological polar surface area (TPSA) is 33.4 Å². The van der Waals surface area contributed by atoms with Gasteiger partial charge in [-0.1, -0.05) is 17.7 Å². The Labute approximate surface area is 113 Å². The van der Waals surface area contributed by atoms with Crippen LogP contribution in [0.4, 0.5) is 0 Å². The van der Waals surface area contributed by atoms with E-state index in [-0.39, 0.29) is 0 Å². The molecule has 1 heterocycles. The quantitative estimate of drug-likeness (QED) is 0.917. The zero-order valence-corrected chi connectivity index (χ0v) is 11.6. The minimum atomic E-state index is -0.400. The summed E-state index contributed by atoms with van der Waals surface area (Å²) in [6.07, 6.45) is 0.118. The minimum Gasteiger partial charge on any atom is -0.461 e. The van der Waals surface area contributed by atoms with Crippen LogP contribution in [0.15, 0.2) is 39.2 Å². The summed E-state index contributed by atoms with van der Waals surface area (Å²) < 4.78 is 6.50. The highest BCUT2D eigenvalue weighted by Gasteiger charge is 2.08. The molecule has 0 saturated carbocycles. The first-order valence-corrected chi connectivity index (χ1v) is 6.45. The molecule has 2 aromatic rings. The van der Waals surface area contributed by atoms with Crippen LogP contribution in [0.2, 0.25) is 5.02 Å². The molecule has 0 radical (unpaired) electrons. The lowest BCUT2D eigenvalue weighted by Crippen LogP contribution is -2.02. The molecule has 0 fully saturated rings. The average Bonchev–Trinajstić information content (AvgIpc) is 2.69. The fourth-order valence-corrected chi connectivity index (χ4v) is 2.01. The lowest BCUT2D eigenvalue weighted by atomic mass is 10.2. The Bertz CT molecular complexity index is 520. The maximum absolute atomic E-state index is 9.28. The highest BCUT2D eigenvalue weighted by molar-refractivity contribution is 9.10. The van der Waals surface area contributed by atoms with E-state index in [1.54, 1.807) is 6.92 Å². The summed E-state index contributed by atoms with van der Waals surface area (Å²) in [6.45, 7) is 1.73. The summed E-state index contributed by atoms with van der Waals surface area (Å²) >= 11 is 9.37. The largest absolute Gasteiger partial charge is 0.461 e. The highest BCUT2D eigenvalue weighted by atomic mass is 79.9. The van der Waals surface area contributed by atoms with Crippen molar-refractivity contribution in [2.75, 3.05) is 0 Å². The van der Waals surface area contributed by atoms with Gasteiger partial charge in [0.25, 0.3) is 0 Å². The fraction of sp³-hybridized carbons (Fsp3) is 0.231. The lowest BCUT2D eigenvalue weighted by Gasteiger charge is -2.01. The van der Waals surface area contributed by atoms with Gasteiger partial charge in [0.15, 0.2) is 0 Å². The second-order valence-electron chi connectivity index (χ2n) is 3.95. The standard InChI is InChI=1S/C13H12BrClO2/c1-8(16)6-10-3-5-13(17-10)9-2-4-11(14)12(15)7-9/h2-5,7-8,16H,6H2,1H3. The van der Waals surface area contributed by atoms with Crippen molar-refractivity contribution in [3.8, 4) is 11.3 Å². The molecule has 1 unspecified atom stereocenters. The molecule has 17 heavy (non-hydrogen) atoms. The Morgan fingerprint density at radius 2 is 2.12 bits per heavy atom. The third-order valence-corrected chi connectivity index (χ3v) is 3.59. The molecule has 0 spiro atoms. The first-order valence-electron chi connectivity index (χ1n) is 5.28. The second-order valence-corrected chi connectivity index (χ2v) is 5.21. The van der Waals surface area contributed by atoms with E-state index in [1.807, 2.05) is 30.3 Å². The molecule has 0 aliphatic rings. The van der Waals surface area contributed by atoms with Crippen molar-refractivity contribution in [3.05, 3.63) is 45.6 Å². The Morgan fingerprint density at radius 1 is 1.35 bits per heavy atom. The van der Waals surface area contributed by atoms with Crippen LogP contribution in [0.25, 0.3) is 11.3 Å². The number of halogens is 2. The number of rotatable bonds is 3. The number of aliphatic hydroxyl groups is 1. The van der Waals surface area contributed by atoms with E-state index >= 15 is 0 Å². The van der Waals surface area contributed by atoms with Crippen LogP contribution in [0.1, 0.15) is 12.7 Å². The molecule has 0 amide bonds. The van der Waals surface area contributed by atoms with Gasteiger partial charge in [-0.2, -0.15) is 0 Å². The summed E-state index contributed by atoms with van der Waals surface area (Å²) in [4.78, 5) is 0. The van der Waals surface area contributed by atoms with Crippen LogP contribution in [0.5, 0.6) is 0 Å². The van der Waals surface area contributed by atoms with Crippen LogP contribution >= 0.6 is 27.5 Å². The van der Waals surface area contributed by atoms with Crippen molar-refractivity contribution in [2.24, 2.45) is 0 Å². The molecule has 1 atom stereocenters. The van der Waals surface area contributed by atoms with Gasteiger partial charge in [0.2, 0.25) is 0 Å². The van der Waals surface area contributed by atoms with E-state index in [9.17, 15) is 5.11 Å². The monoisotopic (exact) mass is 314 g/mol. The first kappa shape index (κ1) is 12.7. The number of furan rings is 1. The molecule has 0 bridgehead atoms. The maximum atomic E-state index is 9.28. The van der Waals surface area contributed by atoms with Crippen LogP contribution < -0.4 is 0 Å². The molecule has 2 nitrogen and oxygen atoms in total. The molecule has 1 aromatic heterocycles. The molecule has 0 saturated heterocycles. The van der Waals surface area contributed by atoms with Crippen molar-refractivity contribution < 1.29 is 9.52 Å². The fourth-order valence-electron chi connectivity index (χ4n) is 1.58. The number of aliphatic hydroxyl groups excluding tert-OH is 1. The smallest absolute Gasteiger partial charge is 0.134 e. The normalized spacial score (nSPS) is 12.7. The predicted octanol–water partition coefficient (Wildman–Crippen LogP) is 4.29. The van der Waals surface area contributed by atoms with Gasteiger partial charge in [-0.3, -0.25) is 0 Å². The van der Waals surface area contributed by atoms with Crippen molar-refractivity contribution in [1.82, 2.24) is 0 Å². The SMILES string of the molecule is CC(O)Cc1ccc(-c2ccc(Br)c(Cl)c2)o1. The lowest BCUT2D eigenvalue weighted by molar-refractivity contribution is 0.187. The zero-order valence-electron chi connectivity index (χ0n) is 9.28. The molecule has 4 heteroatoms. The van der Waals surface area contributed by atoms with Gasteiger partial charge < -0.3 is 9.52 Å². The second kappa shape index (κ2) is 5.25. The Balaban J connectivity index is 2.27. The van der Waals surface area contributed by atoms with Gasteiger partial charge >= 0.3 is 0 Å². The van der Waals surface area contributed by atoms with Gasteiger partial charge in [-0.15, -0.1) is 0 Å². The molecule has 0 aliphatic carbocycles. The Kier molecular flexibility index (Phi) is 3.92. The van der Waals surface area contributed by atoms with E-state index in [1.165, 1.54) is 0 Å². The molecule has 90 valence electrons. The van der Waals surface area contributed by atoms with Crippen molar-refractivity contribution in [2.45, 2.75) is 19.4 Å². The summed E-state index contributed by atoms with van der Waals surface area (Å²) in [5, 5.41) is 9.93. The number of hydrogen-bond acceptors (Lipinski definition) is 2. The Hall–Kier alpha value is -0.770. The number of benzene rings is 1. The van der Waals surface area contributed by atoms with E-state index in [4.69, 9.17) is 16.0 Å². The van der Waals surface area contributed by atoms with Gasteiger partial charge in [-0.05, 0) is 47.1 Å². The van der Waals surface area contributed by atoms with Crippen molar-refractivity contribution in [1.29, 1.82) is 0 Å². The molecule has 1 N–H and O–H groups in total. The summed E-state index contributed by atoms with van der Waals surface area (Å²) in [7, 11) is 0. The predicted molar refractivity (Wildman–Crippen MR) is 72.2 cm³/mol. The maximum Gasteiger partial charge on any atom is 0.134 e. The van der Waals surface area contributed by atoms with Crippen LogP contribution in [-0.4, -0.2) is 11.2 Å². The zero-order chi connectivity index (χ0) is 12.4. The third kappa shape index (κ3) is 3.12. The molecular weight excluding hydrogens is 303 g/mol. The molecule has 1 aromatic carbocycles.